The molecule has 1 aromatic heterocycles. The minimum absolute atomic E-state index is 0.214. The number of hydrogen-bond donors (Lipinski definition) is 3. The first-order valence-electron chi connectivity index (χ1n) is 12.8. The van der Waals surface area contributed by atoms with E-state index < -0.39 is 36.1 Å². The number of carbonyl (C=O) groups is 2. The number of halogens is 3. The maximum Gasteiger partial charge on any atom is 0.406 e. The molecule has 13 heteroatoms. The number of aromatic nitrogens is 1. The van der Waals surface area contributed by atoms with Crippen molar-refractivity contribution in [2.24, 2.45) is 0 Å². The van der Waals surface area contributed by atoms with Crippen molar-refractivity contribution < 1.29 is 36.7 Å². The van der Waals surface area contributed by atoms with Crippen molar-refractivity contribution in [2.45, 2.75) is 43.2 Å². The fourth-order valence-electron chi connectivity index (χ4n) is 5.44. The summed E-state index contributed by atoms with van der Waals surface area (Å²) in [4.78, 5) is 32.0. The van der Waals surface area contributed by atoms with Gasteiger partial charge in [-0.05, 0) is 30.5 Å². The van der Waals surface area contributed by atoms with Gasteiger partial charge >= 0.3 is 6.18 Å². The van der Waals surface area contributed by atoms with Crippen LogP contribution in [0.2, 0.25) is 0 Å². The standard InChI is InChI=1S/C27H26F3N5O5/c1-38-16-8-5-9-17-20(16)33-25(40-17)19-21(24(36)31-15-10-12-39-13-11-15)32-23-18(14-6-3-2-4-7-14)22(27(28,29)30)34-35(23)26(19)37/h2-9,15,18,22-23,32,34H,10-13H2,1H3,(H,31,36). The number of carbonyl (C=O) groups excluding carboxylic acids is 2. The number of fused-ring (bicyclic) bond motifs is 2. The lowest BCUT2D eigenvalue weighted by Gasteiger charge is -2.35. The summed E-state index contributed by atoms with van der Waals surface area (Å²) in [6, 6.07) is 10.7. The molecular formula is C27H26F3N5O5. The highest BCUT2D eigenvalue weighted by molar-refractivity contribution is 6.25. The lowest BCUT2D eigenvalue weighted by Crippen LogP contribution is -2.57. The van der Waals surface area contributed by atoms with Crippen LogP contribution in [0.3, 0.4) is 0 Å². The zero-order valence-electron chi connectivity index (χ0n) is 21.3. The number of para-hydroxylation sites is 1. The molecule has 3 aromatic rings. The molecule has 2 fully saturated rings. The lowest BCUT2D eigenvalue weighted by atomic mass is 9.89. The minimum atomic E-state index is -4.70. The van der Waals surface area contributed by atoms with Gasteiger partial charge in [-0.1, -0.05) is 36.4 Å². The molecule has 0 bridgehead atoms. The van der Waals surface area contributed by atoms with E-state index in [4.69, 9.17) is 13.9 Å². The van der Waals surface area contributed by atoms with Crippen LogP contribution in [0.25, 0.3) is 16.7 Å². The number of amides is 2. The summed E-state index contributed by atoms with van der Waals surface area (Å²) in [6.07, 6.45) is -4.81. The van der Waals surface area contributed by atoms with Gasteiger partial charge in [-0.2, -0.15) is 13.2 Å². The Kier molecular flexibility index (Phi) is 6.62. The number of ether oxygens (including phenoxy) is 2. The summed E-state index contributed by atoms with van der Waals surface area (Å²) in [5.74, 6) is -2.62. The molecule has 0 saturated carbocycles. The average Bonchev–Trinajstić information content (AvgIpc) is 3.56. The predicted molar refractivity (Wildman–Crippen MR) is 135 cm³/mol. The number of rotatable bonds is 5. The Morgan fingerprint density at radius 2 is 1.88 bits per heavy atom. The predicted octanol–water partition coefficient (Wildman–Crippen LogP) is 2.83. The molecule has 2 aromatic carbocycles. The van der Waals surface area contributed by atoms with Gasteiger partial charge in [0.2, 0.25) is 5.89 Å². The topological polar surface area (TPSA) is 118 Å². The Bertz CT molecular complexity index is 1470. The van der Waals surface area contributed by atoms with E-state index in [1.165, 1.54) is 7.11 Å². The van der Waals surface area contributed by atoms with Gasteiger partial charge in [0.25, 0.3) is 11.8 Å². The van der Waals surface area contributed by atoms with Crippen LogP contribution in [-0.4, -0.2) is 66.6 Å². The summed E-state index contributed by atoms with van der Waals surface area (Å²) in [6.45, 7) is 0.912. The SMILES string of the molecule is COc1cccc2oc(C3=C(C(=O)NC4CCOCC4)NC4C(c5ccccc5)C(C(F)(F)F)NN4C3=O)nc12. The zero-order chi connectivity index (χ0) is 28.0. The lowest BCUT2D eigenvalue weighted by molar-refractivity contribution is -0.161. The van der Waals surface area contributed by atoms with Crippen LogP contribution in [0.5, 0.6) is 5.75 Å². The third-order valence-corrected chi connectivity index (χ3v) is 7.37. The van der Waals surface area contributed by atoms with Crippen LogP contribution >= 0.6 is 0 Å². The van der Waals surface area contributed by atoms with E-state index >= 15 is 0 Å². The van der Waals surface area contributed by atoms with Crippen molar-refractivity contribution in [3.8, 4) is 5.75 Å². The Balaban J connectivity index is 1.47. The molecule has 3 N–H and O–H groups in total. The third kappa shape index (κ3) is 4.54. The smallest absolute Gasteiger partial charge is 0.406 e. The number of nitrogens with zero attached hydrogens (tertiary/aromatic N) is 2. The third-order valence-electron chi connectivity index (χ3n) is 7.37. The molecule has 210 valence electrons. The first-order valence-corrected chi connectivity index (χ1v) is 12.8. The van der Waals surface area contributed by atoms with Crippen LogP contribution in [0, 0.1) is 0 Å². The minimum Gasteiger partial charge on any atom is -0.494 e. The van der Waals surface area contributed by atoms with Crippen LogP contribution in [0.4, 0.5) is 13.2 Å². The van der Waals surface area contributed by atoms with Crippen LogP contribution < -0.4 is 20.8 Å². The quantitative estimate of drug-likeness (QED) is 0.439. The second kappa shape index (κ2) is 10.1. The van der Waals surface area contributed by atoms with E-state index in [1.807, 2.05) is 0 Å². The van der Waals surface area contributed by atoms with Crippen molar-refractivity contribution in [3.63, 3.8) is 0 Å². The monoisotopic (exact) mass is 557 g/mol. The highest BCUT2D eigenvalue weighted by Gasteiger charge is 2.58. The van der Waals surface area contributed by atoms with Gasteiger partial charge in [-0.3, -0.25) is 9.59 Å². The molecule has 4 heterocycles. The molecule has 6 rings (SSSR count). The van der Waals surface area contributed by atoms with Crippen molar-refractivity contribution >= 4 is 28.5 Å². The molecule has 3 atom stereocenters. The summed E-state index contributed by atoms with van der Waals surface area (Å²) in [7, 11) is 1.45. The maximum atomic E-state index is 14.3. The molecule has 0 radical (unpaired) electrons. The Morgan fingerprint density at radius 3 is 2.58 bits per heavy atom. The number of hydrazine groups is 1. The van der Waals surface area contributed by atoms with Gasteiger partial charge < -0.3 is 24.5 Å². The number of hydrogen-bond acceptors (Lipinski definition) is 8. The molecule has 2 saturated heterocycles. The van der Waals surface area contributed by atoms with Gasteiger partial charge in [-0.25, -0.2) is 15.4 Å². The summed E-state index contributed by atoms with van der Waals surface area (Å²) < 4.78 is 59.4. The van der Waals surface area contributed by atoms with Crippen LogP contribution in [-0.2, 0) is 14.3 Å². The molecule has 0 aliphatic carbocycles. The fourth-order valence-corrected chi connectivity index (χ4v) is 5.44. The van der Waals surface area contributed by atoms with E-state index in [2.05, 4.69) is 21.0 Å². The molecule has 0 spiro atoms. The number of oxazole rings is 1. The van der Waals surface area contributed by atoms with Crippen molar-refractivity contribution in [1.29, 1.82) is 0 Å². The number of benzene rings is 2. The van der Waals surface area contributed by atoms with E-state index in [1.54, 1.807) is 48.5 Å². The molecular weight excluding hydrogens is 531 g/mol. The number of nitrogens with one attached hydrogen (secondary N) is 3. The number of methoxy groups -OCH3 is 1. The van der Waals surface area contributed by atoms with Gasteiger partial charge in [0.15, 0.2) is 11.1 Å². The normalized spacial score (nSPS) is 23.8. The molecule has 10 nitrogen and oxygen atoms in total. The van der Waals surface area contributed by atoms with Gasteiger partial charge in [0.1, 0.15) is 29.2 Å². The highest BCUT2D eigenvalue weighted by Crippen LogP contribution is 2.43. The molecule has 3 aliphatic heterocycles. The first-order chi connectivity index (χ1) is 19.3. The molecule has 3 aliphatic rings. The molecule has 2 amide bonds. The van der Waals surface area contributed by atoms with E-state index in [0.29, 0.717) is 42.9 Å². The fraction of sp³-hybridized carbons (Fsp3) is 0.370. The van der Waals surface area contributed by atoms with Crippen molar-refractivity contribution in [3.05, 3.63) is 65.7 Å². The summed E-state index contributed by atoms with van der Waals surface area (Å²) in [5, 5.41) is 6.73. The molecule has 3 unspecified atom stereocenters. The summed E-state index contributed by atoms with van der Waals surface area (Å²) in [5.41, 5.74) is 2.78. The molecule has 40 heavy (non-hydrogen) atoms. The van der Waals surface area contributed by atoms with Crippen LogP contribution in [0.1, 0.15) is 30.2 Å². The van der Waals surface area contributed by atoms with E-state index in [9.17, 15) is 22.8 Å². The van der Waals surface area contributed by atoms with Crippen molar-refractivity contribution in [1.82, 2.24) is 26.1 Å². The maximum absolute atomic E-state index is 14.3. The number of alkyl halides is 3. The zero-order valence-corrected chi connectivity index (χ0v) is 21.3. The Morgan fingerprint density at radius 1 is 1.12 bits per heavy atom. The van der Waals surface area contributed by atoms with Crippen molar-refractivity contribution in [2.75, 3.05) is 20.3 Å². The summed E-state index contributed by atoms with van der Waals surface area (Å²) >= 11 is 0. The van der Waals surface area contributed by atoms with Gasteiger partial charge in [0, 0.05) is 19.3 Å². The second-order valence-corrected chi connectivity index (χ2v) is 9.79. The first kappa shape index (κ1) is 26.1. The Hall–Kier alpha value is -4.10. The van der Waals surface area contributed by atoms with Gasteiger partial charge in [0.05, 0.1) is 13.0 Å². The van der Waals surface area contributed by atoms with Gasteiger partial charge in [-0.15, -0.1) is 0 Å². The van der Waals surface area contributed by atoms with E-state index in [0.717, 1.165) is 5.01 Å². The highest BCUT2D eigenvalue weighted by atomic mass is 19.4. The van der Waals surface area contributed by atoms with Crippen LogP contribution in [0.15, 0.2) is 58.6 Å². The largest absolute Gasteiger partial charge is 0.494 e. The Labute approximate surface area is 226 Å². The van der Waals surface area contributed by atoms with E-state index in [-0.39, 0.29) is 28.8 Å². The second-order valence-electron chi connectivity index (χ2n) is 9.79. The average molecular weight is 558 g/mol.